The van der Waals surface area contributed by atoms with Gasteiger partial charge in [-0.1, -0.05) is 23.8 Å². The Hall–Kier alpha value is -2.13. The molecule has 0 saturated heterocycles. The van der Waals surface area contributed by atoms with E-state index >= 15 is 0 Å². The summed E-state index contributed by atoms with van der Waals surface area (Å²) >= 11 is 0. The second kappa shape index (κ2) is 5.70. The fourth-order valence-electron chi connectivity index (χ4n) is 2.86. The number of aryl methyl sites for hydroxylation is 1. The predicted molar refractivity (Wildman–Crippen MR) is 84.9 cm³/mol. The molecule has 3 rings (SSSR count). The van der Waals surface area contributed by atoms with Crippen molar-refractivity contribution in [1.29, 1.82) is 0 Å². The highest BCUT2D eigenvalue weighted by Gasteiger charge is 2.15. The van der Waals surface area contributed by atoms with Crippen LogP contribution in [0.3, 0.4) is 0 Å². The van der Waals surface area contributed by atoms with Gasteiger partial charge in [0.25, 0.3) is 0 Å². The van der Waals surface area contributed by atoms with E-state index in [0.717, 1.165) is 17.5 Å². The number of nitrogens with one attached hydrogen (secondary N) is 1. The zero-order valence-electron chi connectivity index (χ0n) is 12.1. The molecule has 0 aliphatic carbocycles. The maximum Gasteiger partial charge on any atom is 0.123 e. The van der Waals surface area contributed by atoms with E-state index in [1.165, 1.54) is 22.6 Å². The van der Waals surface area contributed by atoms with Gasteiger partial charge in [-0.2, -0.15) is 0 Å². The van der Waals surface area contributed by atoms with Crippen molar-refractivity contribution in [3.63, 3.8) is 0 Å². The first-order valence-electron chi connectivity index (χ1n) is 7.19. The number of fused-ring (bicyclic) bond motifs is 1. The molecule has 0 radical (unpaired) electrons. The number of aromatic nitrogens is 1. The van der Waals surface area contributed by atoms with Crippen molar-refractivity contribution in [2.24, 2.45) is 5.73 Å². The van der Waals surface area contributed by atoms with E-state index < -0.39 is 0 Å². The Morgan fingerprint density at radius 1 is 1.19 bits per heavy atom. The zero-order chi connectivity index (χ0) is 14.8. The largest absolute Gasteiger partial charge is 0.361 e. The second-order valence-corrected chi connectivity index (χ2v) is 5.56. The predicted octanol–water partition coefficient (Wildman–Crippen LogP) is 3.90. The van der Waals surface area contributed by atoms with Crippen molar-refractivity contribution >= 4 is 10.9 Å². The van der Waals surface area contributed by atoms with Gasteiger partial charge in [-0.15, -0.1) is 0 Å². The highest BCUT2D eigenvalue weighted by atomic mass is 19.1. The molecule has 0 bridgehead atoms. The van der Waals surface area contributed by atoms with Gasteiger partial charge in [0.2, 0.25) is 0 Å². The average molecular weight is 282 g/mol. The lowest BCUT2D eigenvalue weighted by Crippen LogP contribution is -2.14. The van der Waals surface area contributed by atoms with Crippen LogP contribution in [0.15, 0.2) is 48.7 Å². The van der Waals surface area contributed by atoms with Crippen LogP contribution in [0, 0.1) is 12.7 Å². The van der Waals surface area contributed by atoms with Gasteiger partial charge in [0.1, 0.15) is 5.82 Å². The van der Waals surface area contributed by atoms with Gasteiger partial charge < -0.3 is 10.7 Å². The molecule has 0 spiro atoms. The van der Waals surface area contributed by atoms with Crippen LogP contribution in [-0.4, -0.2) is 11.5 Å². The van der Waals surface area contributed by atoms with Crippen LogP contribution in [0.5, 0.6) is 0 Å². The Bertz CT molecular complexity index is 761. The number of rotatable bonds is 4. The fraction of sp³-hybridized carbons (Fsp3) is 0.222. The highest BCUT2D eigenvalue weighted by molar-refractivity contribution is 5.84. The van der Waals surface area contributed by atoms with E-state index in [9.17, 15) is 4.39 Å². The van der Waals surface area contributed by atoms with Crippen LogP contribution in [0.2, 0.25) is 0 Å². The number of benzene rings is 2. The van der Waals surface area contributed by atoms with Crippen molar-refractivity contribution in [2.75, 3.05) is 6.54 Å². The Balaban J connectivity index is 1.96. The summed E-state index contributed by atoms with van der Waals surface area (Å²) in [6.45, 7) is 2.62. The first-order valence-corrected chi connectivity index (χ1v) is 7.19. The van der Waals surface area contributed by atoms with Gasteiger partial charge in [0.05, 0.1) is 0 Å². The average Bonchev–Trinajstić information content (AvgIpc) is 2.88. The first kappa shape index (κ1) is 13.8. The molecule has 21 heavy (non-hydrogen) atoms. The molecule has 1 heterocycles. The van der Waals surface area contributed by atoms with E-state index in [2.05, 4.69) is 30.1 Å². The monoisotopic (exact) mass is 282 g/mol. The van der Waals surface area contributed by atoms with E-state index in [0.29, 0.717) is 6.54 Å². The summed E-state index contributed by atoms with van der Waals surface area (Å²) in [5.74, 6) is -0.0135. The summed E-state index contributed by atoms with van der Waals surface area (Å²) in [4.78, 5) is 3.30. The maximum absolute atomic E-state index is 13.3. The standard InChI is InChI=1S/C18H19FN2/c1-12-5-6-18-16(7-12)17(11-21-18)14(10-20)8-13-3-2-4-15(19)9-13/h2-7,9,11,14,21H,8,10,20H2,1H3. The molecule has 2 aromatic carbocycles. The third kappa shape index (κ3) is 2.83. The van der Waals surface area contributed by atoms with Crippen LogP contribution in [0.4, 0.5) is 4.39 Å². The number of aromatic amines is 1. The SMILES string of the molecule is Cc1ccc2[nH]cc(C(CN)Cc3cccc(F)c3)c2c1. The van der Waals surface area contributed by atoms with E-state index in [1.54, 1.807) is 12.1 Å². The topological polar surface area (TPSA) is 41.8 Å². The summed E-state index contributed by atoms with van der Waals surface area (Å²) in [5.41, 5.74) is 10.5. The van der Waals surface area contributed by atoms with Crippen molar-refractivity contribution < 1.29 is 4.39 Å². The Kier molecular flexibility index (Phi) is 3.76. The molecule has 2 nitrogen and oxygen atoms in total. The quantitative estimate of drug-likeness (QED) is 0.748. The first-order chi connectivity index (χ1) is 10.2. The molecule has 3 heteroatoms. The second-order valence-electron chi connectivity index (χ2n) is 5.56. The van der Waals surface area contributed by atoms with E-state index in [-0.39, 0.29) is 11.7 Å². The van der Waals surface area contributed by atoms with Gasteiger partial charge in [0.15, 0.2) is 0 Å². The summed E-state index contributed by atoms with van der Waals surface area (Å²) in [6, 6.07) is 13.1. The highest BCUT2D eigenvalue weighted by Crippen LogP contribution is 2.28. The molecule has 108 valence electrons. The van der Waals surface area contributed by atoms with Gasteiger partial charge in [-0.05, 0) is 55.3 Å². The number of halogens is 1. The molecule has 0 aliphatic rings. The van der Waals surface area contributed by atoms with Gasteiger partial charge in [-0.25, -0.2) is 4.39 Å². The van der Waals surface area contributed by atoms with E-state index in [4.69, 9.17) is 5.73 Å². The molecular weight excluding hydrogens is 263 g/mol. The van der Waals surface area contributed by atoms with Crippen molar-refractivity contribution in [1.82, 2.24) is 4.98 Å². The summed E-state index contributed by atoms with van der Waals surface area (Å²) in [6.07, 6.45) is 2.77. The minimum absolute atomic E-state index is 0.183. The Morgan fingerprint density at radius 3 is 2.81 bits per heavy atom. The van der Waals surface area contributed by atoms with Crippen LogP contribution >= 0.6 is 0 Å². The number of nitrogens with two attached hydrogens (primary N) is 1. The Labute approximate surface area is 123 Å². The summed E-state index contributed by atoms with van der Waals surface area (Å²) < 4.78 is 13.3. The maximum atomic E-state index is 13.3. The third-order valence-electron chi connectivity index (χ3n) is 3.96. The molecule has 0 fully saturated rings. The number of hydrogen-bond acceptors (Lipinski definition) is 1. The minimum Gasteiger partial charge on any atom is -0.361 e. The molecule has 3 aromatic rings. The lowest BCUT2D eigenvalue weighted by atomic mass is 9.91. The molecule has 0 aliphatic heterocycles. The van der Waals surface area contributed by atoms with E-state index in [1.807, 2.05) is 12.3 Å². The molecule has 1 unspecified atom stereocenters. The normalized spacial score (nSPS) is 12.7. The van der Waals surface area contributed by atoms with Crippen molar-refractivity contribution in [3.8, 4) is 0 Å². The molecular formula is C18H19FN2. The zero-order valence-corrected chi connectivity index (χ0v) is 12.1. The van der Waals surface area contributed by atoms with Crippen molar-refractivity contribution in [3.05, 3.63) is 71.2 Å². The molecule has 1 atom stereocenters. The van der Waals surface area contributed by atoms with Crippen LogP contribution < -0.4 is 5.73 Å². The lowest BCUT2D eigenvalue weighted by Gasteiger charge is -2.14. The lowest BCUT2D eigenvalue weighted by molar-refractivity contribution is 0.621. The van der Waals surface area contributed by atoms with Crippen molar-refractivity contribution in [2.45, 2.75) is 19.3 Å². The third-order valence-corrected chi connectivity index (χ3v) is 3.96. The summed E-state index contributed by atoms with van der Waals surface area (Å²) in [7, 11) is 0. The van der Waals surface area contributed by atoms with Gasteiger partial charge in [-0.3, -0.25) is 0 Å². The molecule has 0 saturated carbocycles. The van der Waals surface area contributed by atoms with Crippen LogP contribution in [0.25, 0.3) is 10.9 Å². The number of H-pyrrole nitrogens is 1. The number of hydrogen-bond donors (Lipinski definition) is 2. The van der Waals surface area contributed by atoms with Gasteiger partial charge >= 0.3 is 0 Å². The molecule has 1 aromatic heterocycles. The minimum atomic E-state index is -0.196. The fourth-order valence-corrected chi connectivity index (χ4v) is 2.86. The Morgan fingerprint density at radius 2 is 2.05 bits per heavy atom. The van der Waals surface area contributed by atoms with Crippen LogP contribution in [0.1, 0.15) is 22.6 Å². The summed E-state index contributed by atoms with van der Waals surface area (Å²) in [5, 5.41) is 1.21. The smallest absolute Gasteiger partial charge is 0.123 e. The van der Waals surface area contributed by atoms with Gasteiger partial charge in [0, 0.05) is 23.0 Å². The molecule has 0 amide bonds. The van der Waals surface area contributed by atoms with Crippen LogP contribution in [-0.2, 0) is 6.42 Å². The molecule has 3 N–H and O–H groups in total.